The van der Waals surface area contributed by atoms with Crippen molar-refractivity contribution in [2.45, 2.75) is 25.5 Å². The Morgan fingerprint density at radius 2 is 1.67 bits per heavy atom. The maximum atomic E-state index is 14.9. The molecule has 0 unspecified atom stereocenters. The number of benzene rings is 2. The van der Waals surface area contributed by atoms with Gasteiger partial charge in [0.15, 0.2) is 11.6 Å². The lowest BCUT2D eigenvalue weighted by Crippen LogP contribution is -2.40. The molecular formula is C25H23F2N3O3. The largest absolute Gasteiger partial charge is 0.365 e. The molecule has 0 N–H and O–H groups in total. The van der Waals surface area contributed by atoms with E-state index in [4.69, 9.17) is 4.74 Å². The number of aromatic nitrogens is 3. The van der Waals surface area contributed by atoms with Gasteiger partial charge in [0.2, 0.25) is 0 Å². The van der Waals surface area contributed by atoms with Gasteiger partial charge in [-0.2, -0.15) is 0 Å². The average molecular weight is 451 g/mol. The summed E-state index contributed by atoms with van der Waals surface area (Å²) in [5, 5.41) is 0.334. The second-order valence-corrected chi connectivity index (χ2v) is 9.01. The zero-order chi connectivity index (χ0) is 23.7. The number of hydrogen-bond acceptors (Lipinski definition) is 3. The quantitative estimate of drug-likeness (QED) is 0.465. The van der Waals surface area contributed by atoms with E-state index in [1.54, 1.807) is 7.05 Å². The molecule has 1 aliphatic heterocycles. The molecule has 2 aromatic heterocycles. The van der Waals surface area contributed by atoms with Crippen molar-refractivity contribution in [1.29, 1.82) is 0 Å². The third-order valence-corrected chi connectivity index (χ3v) is 6.38. The van der Waals surface area contributed by atoms with Crippen molar-refractivity contribution in [3.8, 4) is 11.3 Å². The van der Waals surface area contributed by atoms with Crippen LogP contribution in [0.25, 0.3) is 22.2 Å². The van der Waals surface area contributed by atoms with Crippen molar-refractivity contribution in [2.24, 2.45) is 14.1 Å². The number of fused-ring (bicyclic) bond motifs is 3. The normalized spacial score (nSPS) is 17.3. The van der Waals surface area contributed by atoms with Crippen LogP contribution in [0.15, 0.2) is 58.1 Å². The van der Waals surface area contributed by atoms with E-state index in [1.165, 1.54) is 23.7 Å². The Morgan fingerprint density at radius 3 is 2.36 bits per heavy atom. The fraction of sp³-hybridized carbons (Fsp3) is 0.280. The lowest BCUT2D eigenvalue weighted by Gasteiger charge is -2.39. The summed E-state index contributed by atoms with van der Waals surface area (Å²) in [5.74, 6) is -2.00. The number of aryl methyl sites for hydroxylation is 1. The van der Waals surface area contributed by atoms with Crippen molar-refractivity contribution in [2.75, 3.05) is 6.61 Å². The molecule has 3 heterocycles. The Hall–Kier alpha value is -3.52. The minimum absolute atomic E-state index is 0.0129. The molecule has 5 rings (SSSR count). The molecule has 4 aromatic rings. The van der Waals surface area contributed by atoms with Gasteiger partial charge in [0, 0.05) is 19.7 Å². The summed E-state index contributed by atoms with van der Waals surface area (Å²) in [5.41, 5.74) is 0.598. The van der Waals surface area contributed by atoms with E-state index in [1.807, 2.05) is 48.7 Å². The fourth-order valence-electron chi connectivity index (χ4n) is 4.83. The molecule has 0 saturated carbocycles. The molecule has 1 aliphatic rings. The summed E-state index contributed by atoms with van der Waals surface area (Å²) >= 11 is 0. The fourth-order valence-corrected chi connectivity index (χ4v) is 4.83. The van der Waals surface area contributed by atoms with E-state index in [0.29, 0.717) is 22.3 Å². The number of ether oxygens (including phenoxy) is 1. The van der Waals surface area contributed by atoms with Crippen LogP contribution in [0.5, 0.6) is 0 Å². The van der Waals surface area contributed by atoms with Gasteiger partial charge in [-0.25, -0.2) is 13.6 Å². The van der Waals surface area contributed by atoms with E-state index in [9.17, 15) is 18.4 Å². The van der Waals surface area contributed by atoms with Gasteiger partial charge in [-0.05, 0) is 25.5 Å². The van der Waals surface area contributed by atoms with Crippen LogP contribution in [-0.2, 0) is 24.4 Å². The zero-order valence-electron chi connectivity index (χ0n) is 18.7. The molecule has 0 saturated heterocycles. The van der Waals surface area contributed by atoms with Gasteiger partial charge in [0.25, 0.3) is 5.56 Å². The molecule has 0 fully saturated rings. The molecule has 0 radical (unpaired) electrons. The van der Waals surface area contributed by atoms with Crippen LogP contribution in [0.4, 0.5) is 8.78 Å². The van der Waals surface area contributed by atoms with E-state index < -0.39 is 34.5 Å². The first-order valence-corrected chi connectivity index (χ1v) is 10.6. The number of rotatable bonds is 2. The molecular weight excluding hydrogens is 428 g/mol. The SMILES string of the molecule is Cn1c(=O)c2c(-c3ccccc3)n3c(c2n(C)c1=O)[C@@H](c1cccc(F)c1F)OCC3(C)C. The molecule has 33 heavy (non-hydrogen) atoms. The minimum Gasteiger partial charge on any atom is -0.365 e. The highest BCUT2D eigenvalue weighted by molar-refractivity contribution is 5.96. The van der Waals surface area contributed by atoms with Gasteiger partial charge in [0.1, 0.15) is 6.10 Å². The van der Waals surface area contributed by atoms with Gasteiger partial charge in [0.05, 0.1) is 34.4 Å². The van der Waals surface area contributed by atoms with E-state index in [2.05, 4.69) is 0 Å². The lowest BCUT2D eigenvalue weighted by atomic mass is 9.97. The molecule has 0 bridgehead atoms. The molecule has 0 amide bonds. The molecule has 6 nitrogen and oxygen atoms in total. The van der Waals surface area contributed by atoms with Crippen LogP contribution in [0.2, 0.25) is 0 Å². The first-order chi connectivity index (χ1) is 15.6. The highest BCUT2D eigenvalue weighted by Crippen LogP contribution is 2.45. The summed E-state index contributed by atoms with van der Waals surface area (Å²) in [6.07, 6.45) is -1.01. The molecule has 8 heteroatoms. The third kappa shape index (κ3) is 2.94. The molecule has 170 valence electrons. The molecule has 0 aliphatic carbocycles. The smallest absolute Gasteiger partial charge is 0.331 e. The summed E-state index contributed by atoms with van der Waals surface area (Å²) in [6, 6.07) is 13.3. The first-order valence-electron chi connectivity index (χ1n) is 10.6. The second-order valence-electron chi connectivity index (χ2n) is 9.01. The van der Waals surface area contributed by atoms with Crippen molar-refractivity contribution in [3.05, 3.63) is 92.3 Å². The van der Waals surface area contributed by atoms with E-state index in [-0.39, 0.29) is 12.2 Å². The van der Waals surface area contributed by atoms with Gasteiger partial charge in [-0.15, -0.1) is 0 Å². The first kappa shape index (κ1) is 21.3. The van der Waals surface area contributed by atoms with Crippen LogP contribution in [0.3, 0.4) is 0 Å². The summed E-state index contributed by atoms with van der Waals surface area (Å²) in [6.45, 7) is 4.08. The lowest BCUT2D eigenvalue weighted by molar-refractivity contribution is -0.00881. The van der Waals surface area contributed by atoms with Gasteiger partial charge in [-0.3, -0.25) is 13.9 Å². The zero-order valence-corrected chi connectivity index (χ0v) is 18.7. The van der Waals surface area contributed by atoms with Gasteiger partial charge >= 0.3 is 5.69 Å². The molecule has 2 aromatic carbocycles. The van der Waals surface area contributed by atoms with E-state index in [0.717, 1.165) is 16.2 Å². The second kappa shape index (κ2) is 7.25. The van der Waals surface area contributed by atoms with Gasteiger partial charge < -0.3 is 9.30 Å². The summed E-state index contributed by atoms with van der Waals surface area (Å²) in [4.78, 5) is 26.4. The summed E-state index contributed by atoms with van der Waals surface area (Å²) in [7, 11) is 3.00. The Bertz CT molecular complexity index is 1530. The van der Waals surface area contributed by atoms with Crippen LogP contribution in [0, 0.1) is 11.6 Å². The van der Waals surface area contributed by atoms with Crippen molar-refractivity contribution >= 4 is 10.9 Å². The Kier molecular flexibility index (Phi) is 4.68. The van der Waals surface area contributed by atoms with Crippen molar-refractivity contribution in [1.82, 2.24) is 13.7 Å². The highest BCUT2D eigenvalue weighted by Gasteiger charge is 2.41. The van der Waals surface area contributed by atoms with Crippen LogP contribution < -0.4 is 11.2 Å². The molecule has 0 spiro atoms. The predicted octanol–water partition coefficient (Wildman–Crippen LogP) is 3.84. The molecule has 1 atom stereocenters. The van der Waals surface area contributed by atoms with E-state index >= 15 is 0 Å². The predicted molar refractivity (Wildman–Crippen MR) is 121 cm³/mol. The van der Waals surface area contributed by atoms with Crippen molar-refractivity contribution in [3.63, 3.8) is 0 Å². The Labute approximate surface area is 188 Å². The standard InChI is InChI=1S/C25H23F2N3O3/c1-25(2)13-33-22(15-11-8-12-16(26)18(15)27)21-20-17(23(31)29(4)24(32)28(20)3)19(30(21)25)14-9-6-5-7-10-14/h5-12,22H,13H2,1-4H3/t22-/m1/s1. The highest BCUT2D eigenvalue weighted by atomic mass is 19.2. The average Bonchev–Trinajstić information content (AvgIpc) is 3.17. The maximum Gasteiger partial charge on any atom is 0.331 e. The number of nitrogens with zero attached hydrogens (tertiary/aromatic N) is 3. The number of hydrogen-bond donors (Lipinski definition) is 0. The van der Waals surface area contributed by atoms with Gasteiger partial charge in [-0.1, -0.05) is 42.5 Å². The van der Waals surface area contributed by atoms with Crippen LogP contribution in [-0.4, -0.2) is 20.3 Å². The summed E-state index contributed by atoms with van der Waals surface area (Å²) < 4.78 is 39.6. The van der Waals surface area contributed by atoms with Crippen LogP contribution >= 0.6 is 0 Å². The topological polar surface area (TPSA) is 58.2 Å². The minimum atomic E-state index is -1.02. The Morgan fingerprint density at radius 1 is 0.970 bits per heavy atom. The Balaban J connectivity index is 2.03. The van der Waals surface area contributed by atoms with Crippen molar-refractivity contribution < 1.29 is 13.5 Å². The third-order valence-electron chi connectivity index (χ3n) is 6.38. The number of halogens is 2. The van der Waals surface area contributed by atoms with Crippen LogP contribution in [0.1, 0.15) is 31.2 Å². The maximum absolute atomic E-state index is 14.9. The monoisotopic (exact) mass is 451 g/mol.